The molecule has 1 unspecified atom stereocenters. The normalized spacial score (nSPS) is 19.2. The maximum absolute atomic E-state index is 13.6. The summed E-state index contributed by atoms with van der Waals surface area (Å²) in [7, 11) is 0. The number of rotatable bonds is 7. The minimum Gasteiger partial charge on any atom is -0.457 e. The third-order valence-corrected chi connectivity index (χ3v) is 7.16. The molecule has 0 amide bonds. The number of hydrogen-bond acceptors (Lipinski definition) is 5. The summed E-state index contributed by atoms with van der Waals surface area (Å²) in [6.07, 6.45) is -2.58. The van der Waals surface area contributed by atoms with Crippen LogP contribution in [0.25, 0.3) is 0 Å². The number of morpholine rings is 1. The third-order valence-electron chi connectivity index (χ3n) is 6.91. The molecule has 1 atom stereocenters. The summed E-state index contributed by atoms with van der Waals surface area (Å²) >= 11 is 5.95. The van der Waals surface area contributed by atoms with Gasteiger partial charge in [0.1, 0.15) is 11.5 Å². The average molecular weight is 570 g/mol. The number of guanidine groups is 1. The molecule has 5 rings (SSSR count). The van der Waals surface area contributed by atoms with Crippen molar-refractivity contribution in [1.82, 2.24) is 9.80 Å². The highest BCUT2D eigenvalue weighted by atomic mass is 35.5. The van der Waals surface area contributed by atoms with E-state index in [0.717, 1.165) is 19.2 Å². The molecule has 0 saturated carbocycles. The van der Waals surface area contributed by atoms with Gasteiger partial charge in [-0.1, -0.05) is 23.7 Å². The molecule has 0 aromatic heterocycles. The predicted molar refractivity (Wildman–Crippen MR) is 147 cm³/mol. The van der Waals surface area contributed by atoms with Crippen molar-refractivity contribution in [3.63, 3.8) is 0 Å². The van der Waals surface area contributed by atoms with Gasteiger partial charge in [0, 0.05) is 43.4 Å². The number of alkyl halides is 3. The van der Waals surface area contributed by atoms with Gasteiger partial charge in [0.15, 0.2) is 0 Å². The molecule has 0 spiro atoms. The van der Waals surface area contributed by atoms with Crippen molar-refractivity contribution in [1.29, 1.82) is 5.26 Å². The van der Waals surface area contributed by atoms with Crippen LogP contribution in [0.15, 0.2) is 77.8 Å². The highest BCUT2D eigenvalue weighted by Crippen LogP contribution is 2.38. The molecule has 40 heavy (non-hydrogen) atoms. The van der Waals surface area contributed by atoms with E-state index in [1.165, 1.54) is 12.1 Å². The molecule has 0 N–H and O–H groups in total. The average Bonchev–Trinajstić information content (AvgIpc) is 3.32. The Morgan fingerprint density at radius 3 is 2.30 bits per heavy atom. The van der Waals surface area contributed by atoms with E-state index in [-0.39, 0.29) is 0 Å². The van der Waals surface area contributed by atoms with Crippen molar-refractivity contribution in [2.75, 3.05) is 50.8 Å². The predicted octanol–water partition coefficient (Wildman–Crippen LogP) is 6.18. The first-order chi connectivity index (χ1) is 19.3. The smallest absolute Gasteiger partial charge is 0.416 e. The molecule has 0 bridgehead atoms. The second kappa shape index (κ2) is 12.2. The van der Waals surface area contributed by atoms with Gasteiger partial charge in [0.2, 0.25) is 12.2 Å². The van der Waals surface area contributed by atoms with E-state index in [0.29, 0.717) is 66.6 Å². The van der Waals surface area contributed by atoms with Gasteiger partial charge in [0.05, 0.1) is 24.8 Å². The summed E-state index contributed by atoms with van der Waals surface area (Å²) in [6.45, 7) is 4.55. The van der Waals surface area contributed by atoms with E-state index in [9.17, 15) is 18.4 Å². The van der Waals surface area contributed by atoms with E-state index in [4.69, 9.17) is 21.1 Å². The lowest BCUT2D eigenvalue weighted by Gasteiger charge is -2.29. The zero-order valence-electron chi connectivity index (χ0n) is 21.5. The molecule has 3 aromatic carbocycles. The van der Waals surface area contributed by atoms with Crippen molar-refractivity contribution in [2.24, 2.45) is 4.99 Å². The van der Waals surface area contributed by atoms with Gasteiger partial charge in [-0.05, 0) is 66.2 Å². The molecule has 0 radical (unpaired) electrons. The Labute approximate surface area is 235 Å². The lowest BCUT2D eigenvalue weighted by atomic mass is 10.0. The van der Waals surface area contributed by atoms with Crippen LogP contribution in [-0.4, -0.2) is 61.7 Å². The zero-order chi connectivity index (χ0) is 28.1. The first-order valence-electron chi connectivity index (χ1n) is 12.8. The zero-order valence-corrected chi connectivity index (χ0v) is 22.3. The molecule has 208 valence electrons. The molecule has 2 aliphatic rings. The fourth-order valence-electron chi connectivity index (χ4n) is 4.90. The van der Waals surface area contributed by atoms with Crippen LogP contribution in [0.4, 0.5) is 18.9 Å². The summed E-state index contributed by atoms with van der Waals surface area (Å²) in [5, 5.41) is 10.2. The number of nitrogens with zero attached hydrogens (tertiary/aromatic N) is 5. The second-order valence-corrected chi connectivity index (χ2v) is 9.91. The van der Waals surface area contributed by atoms with Crippen molar-refractivity contribution >= 4 is 23.2 Å². The molecule has 11 heteroatoms. The summed E-state index contributed by atoms with van der Waals surface area (Å²) in [5.74, 6) is 1.58. The summed E-state index contributed by atoms with van der Waals surface area (Å²) < 4.78 is 52.1. The van der Waals surface area contributed by atoms with Crippen LogP contribution < -0.4 is 9.64 Å². The van der Waals surface area contributed by atoms with Crippen molar-refractivity contribution in [3.8, 4) is 17.7 Å². The third kappa shape index (κ3) is 6.50. The van der Waals surface area contributed by atoms with Gasteiger partial charge in [-0.2, -0.15) is 18.4 Å². The number of aliphatic imine (C=N–C) groups is 1. The van der Waals surface area contributed by atoms with Crippen molar-refractivity contribution in [3.05, 3.63) is 88.9 Å². The molecular formula is C29H27ClF3N5O2. The number of hydrogen-bond donors (Lipinski definition) is 0. The molecule has 3 aromatic rings. The van der Waals surface area contributed by atoms with Gasteiger partial charge >= 0.3 is 6.18 Å². The first kappa shape index (κ1) is 27.8. The van der Waals surface area contributed by atoms with Crippen LogP contribution >= 0.6 is 11.6 Å². The summed E-state index contributed by atoms with van der Waals surface area (Å²) in [6, 6.07) is 19.0. The van der Waals surface area contributed by atoms with E-state index in [1.54, 1.807) is 42.5 Å². The molecule has 2 aliphatic heterocycles. The van der Waals surface area contributed by atoms with Crippen molar-refractivity contribution in [2.45, 2.75) is 12.2 Å². The van der Waals surface area contributed by atoms with Gasteiger partial charge in [0.25, 0.3) is 0 Å². The van der Waals surface area contributed by atoms with E-state index in [1.807, 2.05) is 28.1 Å². The van der Waals surface area contributed by atoms with Crippen LogP contribution in [0.1, 0.15) is 17.2 Å². The Hall–Kier alpha value is -3.78. The molecule has 0 aliphatic carbocycles. The number of nitriles is 1. The Balaban J connectivity index is 1.46. The van der Waals surface area contributed by atoms with E-state index in [2.05, 4.69) is 9.89 Å². The number of halogens is 4. The second-order valence-electron chi connectivity index (χ2n) is 9.47. The number of ether oxygens (including phenoxy) is 2. The van der Waals surface area contributed by atoms with E-state index < -0.39 is 17.8 Å². The Kier molecular flexibility index (Phi) is 8.45. The van der Waals surface area contributed by atoms with Crippen LogP contribution in [0.5, 0.6) is 11.5 Å². The van der Waals surface area contributed by atoms with Crippen molar-refractivity contribution < 1.29 is 22.6 Å². The monoisotopic (exact) mass is 569 g/mol. The topological polar surface area (TPSA) is 64.3 Å². The lowest BCUT2D eigenvalue weighted by molar-refractivity contribution is -0.137. The highest BCUT2D eigenvalue weighted by molar-refractivity contribution is 6.30. The Morgan fingerprint density at radius 2 is 1.65 bits per heavy atom. The Bertz CT molecular complexity index is 1370. The lowest BCUT2D eigenvalue weighted by Crippen LogP contribution is -2.43. The van der Waals surface area contributed by atoms with Gasteiger partial charge in [-0.15, -0.1) is 4.99 Å². The summed E-state index contributed by atoms with van der Waals surface area (Å²) in [5.41, 5.74) is 0.437. The molecule has 7 nitrogen and oxygen atoms in total. The molecule has 2 saturated heterocycles. The quantitative estimate of drug-likeness (QED) is 0.317. The first-order valence-corrected chi connectivity index (χ1v) is 13.2. The van der Waals surface area contributed by atoms with Crippen LogP contribution in [0.3, 0.4) is 0 Å². The minimum absolute atomic E-state index is 0.370. The van der Waals surface area contributed by atoms with Gasteiger partial charge in [-0.25, -0.2) is 0 Å². The van der Waals surface area contributed by atoms with E-state index >= 15 is 0 Å². The fourth-order valence-corrected chi connectivity index (χ4v) is 5.02. The Morgan fingerprint density at radius 1 is 0.975 bits per heavy atom. The fraction of sp³-hybridized carbons (Fsp3) is 0.310. The minimum atomic E-state index is -4.47. The van der Waals surface area contributed by atoms with Crippen LogP contribution in [0, 0.1) is 11.5 Å². The summed E-state index contributed by atoms with van der Waals surface area (Å²) in [4.78, 5) is 10.2. The SMILES string of the molecule is N#C/N=C1/N(CCN2CCOCC2)CC(c2cccc(C(F)(F)F)c2)N1c1ccc(Oc2ccc(Cl)cc2)cc1. The van der Waals surface area contributed by atoms with Gasteiger partial charge in [-0.3, -0.25) is 4.90 Å². The molecule has 2 fully saturated rings. The molecule has 2 heterocycles. The van der Waals surface area contributed by atoms with Gasteiger partial charge < -0.3 is 19.3 Å². The standard InChI is InChI=1S/C29H27ClF3N5O2/c30-23-4-8-25(9-5-23)40-26-10-6-24(7-11-26)38-27(21-2-1-3-22(18-21)29(31,32)33)19-37(28(38)35-20-34)13-12-36-14-16-39-17-15-36/h1-11,18,27H,12-17,19H2/b35-28-. The largest absolute Gasteiger partial charge is 0.457 e. The maximum atomic E-state index is 13.6. The highest BCUT2D eigenvalue weighted by Gasteiger charge is 2.39. The maximum Gasteiger partial charge on any atom is 0.416 e. The van der Waals surface area contributed by atoms with Crippen LogP contribution in [-0.2, 0) is 10.9 Å². The van der Waals surface area contributed by atoms with Crippen LogP contribution in [0.2, 0.25) is 5.02 Å². The number of benzene rings is 3. The number of anilines is 1. The molecular weight excluding hydrogens is 543 g/mol.